The number of amides is 2. The fourth-order valence-electron chi connectivity index (χ4n) is 2.90. The highest BCUT2D eigenvalue weighted by Gasteiger charge is 2.28. The first-order chi connectivity index (χ1) is 11.4. The molecule has 1 aromatic rings. The number of imide groups is 1. The molecule has 0 aromatic heterocycles. The summed E-state index contributed by atoms with van der Waals surface area (Å²) in [5.74, 6) is 0.410. The average molecular weight is 347 g/mol. The third-order valence-corrected chi connectivity index (χ3v) is 4.67. The van der Waals surface area contributed by atoms with Gasteiger partial charge in [0.25, 0.3) is 11.1 Å². The Morgan fingerprint density at radius 2 is 2.21 bits per heavy atom. The number of thioether (sulfide) groups is 1. The Morgan fingerprint density at radius 3 is 2.79 bits per heavy atom. The van der Waals surface area contributed by atoms with E-state index < -0.39 is 0 Å². The van der Waals surface area contributed by atoms with Gasteiger partial charge in [-0.25, -0.2) is 0 Å². The lowest BCUT2D eigenvalue weighted by Gasteiger charge is -2.25. The Balaban J connectivity index is 2.03. The summed E-state index contributed by atoms with van der Waals surface area (Å²) >= 11 is 0.918. The molecule has 2 saturated heterocycles. The summed E-state index contributed by atoms with van der Waals surface area (Å²) in [5, 5.41) is 1.94. The first-order valence-corrected chi connectivity index (χ1v) is 8.80. The summed E-state index contributed by atoms with van der Waals surface area (Å²) < 4.78 is 5.96. The van der Waals surface area contributed by atoms with Gasteiger partial charge in [-0.1, -0.05) is 12.1 Å². The van der Waals surface area contributed by atoms with Crippen LogP contribution >= 0.6 is 11.8 Å². The Labute approximate surface area is 145 Å². The van der Waals surface area contributed by atoms with Gasteiger partial charge >= 0.3 is 0 Å². The molecule has 0 radical (unpaired) electrons. The van der Waals surface area contributed by atoms with E-state index in [1.807, 2.05) is 32.0 Å². The summed E-state index contributed by atoms with van der Waals surface area (Å²) in [4.78, 5) is 25.8. The van der Waals surface area contributed by atoms with E-state index in [-0.39, 0.29) is 23.3 Å². The standard InChI is InChI=1S/C17H21N3O3S/c1-10(2)23-13-5-3-4-11(8-14-16(21)19-17(22)24-14)15(13)20-7-6-12(18)9-20/h3-5,8,10,12H,6-7,9,18H2,1-2H3,(H,19,21,22)/b14-8+. The normalized spacial score (nSPS) is 22.6. The Kier molecular flexibility index (Phi) is 4.82. The van der Waals surface area contributed by atoms with Crippen molar-refractivity contribution in [2.45, 2.75) is 32.4 Å². The van der Waals surface area contributed by atoms with Crippen LogP contribution in [-0.4, -0.2) is 36.4 Å². The third kappa shape index (κ3) is 3.57. The molecule has 2 aliphatic heterocycles. The molecule has 2 heterocycles. The van der Waals surface area contributed by atoms with Crippen molar-refractivity contribution in [3.05, 3.63) is 28.7 Å². The molecule has 1 atom stereocenters. The molecule has 1 unspecified atom stereocenters. The molecular weight excluding hydrogens is 326 g/mol. The number of nitrogens with zero attached hydrogens (tertiary/aromatic N) is 1. The van der Waals surface area contributed by atoms with Crippen LogP contribution in [0.15, 0.2) is 23.1 Å². The van der Waals surface area contributed by atoms with Crippen LogP contribution in [0.3, 0.4) is 0 Å². The maximum absolute atomic E-state index is 11.9. The van der Waals surface area contributed by atoms with Gasteiger partial charge in [0.2, 0.25) is 0 Å². The summed E-state index contributed by atoms with van der Waals surface area (Å²) in [7, 11) is 0. The van der Waals surface area contributed by atoms with Crippen molar-refractivity contribution in [3.8, 4) is 5.75 Å². The molecule has 24 heavy (non-hydrogen) atoms. The number of anilines is 1. The van der Waals surface area contributed by atoms with Crippen molar-refractivity contribution in [1.82, 2.24) is 5.32 Å². The predicted molar refractivity (Wildman–Crippen MR) is 96.1 cm³/mol. The van der Waals surface area contributed by atoms with Gasteiger partial charge in [0.05, 0.1) is 16.7 Å². The van der Waals surface area contributed by atoms with Gasteiger partial charge in [0.15, 0.2) is 0 Å². The van der Waals surface area contributed by atoms with Crippen LogP contribution in [0.2, 0.25) is 0 Å². The molecule has 6 nitrogen and oxygen atoms in total. The smallest absolute Gasteiger partial charge is 0.290 e. The molecule has 2 fully saturated rings. The van der Waals surface area contributed by atoms with Gasteiger partial charge in [-0.15, -0.1) is 0 Å². The zero-order valence-electron chi connectivity index (χ0n) is 13.7. The van der Waals surface area contributed by atoms with E-state index >= 15 is 0 Å². The van der Waals surface area contributed by atoms with Gasteiger partial charge < -0.3 is 15.4 Å². The third-order valence-electron chi connectivity index (χ3n) is 3.86. The molecule has 0 aliphatic carbocycles. The molecule has 0 saturated carbocycles. The molecule has 3 N–H and O–H groups in total. The lowest BCUT2D eigenvalue weighted by Crippen LogP contribution is -2.27. The van der Waals surface area contributed by atoms with E-state index in [0.717, 1.165) is 48.3 Å². The summed E-state index contributed by atoms with van der Waals surface area (Å²) in [6.07, 6.45) is 2.70. The second-order valence-electron chi connectivity index (χ2n) is 6.21. The van der Waals surface area contributed by atoms with E-state index in [9.17, 15) is 9.59 Å². The number of para-hydroxylation sites is 1. The van der Waals surface area contributed by atoms with Crippen molar-refractivity contribution in [2.75, 3.05) is 18.0 Å². The number of hydrogen-bond donors (Lipinski definition) is 2. The van der Waals surface area contributed by atoms with Crippen LogP contribution in [0.1, 0.15) is 25.8 Å². The van der Waals surface area contributed by atoms with Crippen LogP contribution in [0.25, 0.3) is 6.08 Å². The summed E-state index contributed by atoms with van der Waals surface area (Å²) in [6, 6.07) is 5.87. The van der Waals surface area contributed by atoms with Crippen molar-refractivity contribution >= 4 is 34.7 Å². The van der Waals surface area contributed by atoms with Crippen LogP contribution in [-0.2, 0) is 4.79 Å². The van der Waals surface area contributed by atoms with Crippen molar-refractivity contribution in [2.24, 2.45) is 5.73 Å². The first-order valence-electron chi connectivity index (χ1n) is 7.99. The SMILES string of the molecule is CC(C)Oc1cccc(/C=C2/SC(=O)NC2=O)c1N1CCC(N)C1. The average Bonchev–Trinajstić information content (AvgIpc) is 3.04. The number of nitrogens with one attached hydrogen (secondary N) is 1. The molecule has 2 aliphatic rings. The second-order valence-corrected chi connectivity index (χ2v) is 7.22. The number of benzene rings is 1. The van der Waals surface area contributed by atoms with E-state index in [1.165, 1.54) is 0 Å². The molecular formula is C17H21N3O3S. The monoisotopic (exact) mass is 347 g/mol. The lowest BCUT2D eigenvalue weighted by atomic mass is 10.1. The highest BCUT2D eigenvalue weighted by Crippen LogP contribution is 2.38. The van der Waals surface area contributed by atoms with Crippen LogP contribution < -0.4 is 20.7 Å². The zero-order chi connectivity index (χ0) is 17.3. The maximum atomic E-state index is 11.9. The van der Waals surface area contributed by atoms with E-state index in [0.29, 0.717) is 4.91 Å². The topological polar surface area (TPSA) is 84.7 Å². The lowest BCUT2D eigenvalue weighted by molar-refractivity contribution is -0.115. The van der Waals surface area contributed by atoms with Gasteiger partial charge in [0.1, 0.15) is 5.75 Å². The van der Waals surface area contributed by atoms with Crippen LogP contribution in [0, 0.1) is 0 Å². The molecule has 2 amide bonds. The van der Waals surface area contributed by atoms with Crippen LogP contribution in [0.4, 0.5) is 10.5 Å². The quantitative estimate of drug-likeness (QED) is 0.813. The van der Waals surface area contributed by atoms with Crippen molar-refractivity contribution < 1.29 is 14.3 Å². The van der Waals surface area contributed by atoms with Gasteiger partial charge in [0, 0.05) is 24.7 Å². The predicted octanol–water partition coefficient (Wildman–Crippen LogP) is 2.34. The van der Waals surface area contributed by atoms with E-state index in [2.05, 4.69) is 10.2 Å². The van der Waals surface area contributed by atoms with E-state index in [4.69, 9.17) is 10.5 Å². The van der Waals surface area contributed by atoms with Gasteiger partial charge in [-0.3, -0.25) is 14.9 Å². The molecule has 128 valence electrons. The summed E-state index contributed by atoms with van der Waals surface area (Å²) in [6.45, 7) is 5.54. The number of carbonyl (C=O) groups excluding carboxylic acids is 2. The Morgan fingerprint density at radius 1 is 1.42 bits per heavy atom. The van der Waals surface area contributed by atoms with Crippen molar-refractivity contribution in [1.29, 1.82) is 0 Å². The van der Waals surface area contributed by atoms with Gasteiger partial charge in [-0.2, -0.15) is 0 Å². The number of ether oxygens (including phenoxy) is 1. The van der Waals surface area contributed by atoms with E-state index in [1.54, 1.807) is 6.08 Å². The fraction of sp³-hybridized carbons (Fsp3) is 0.412. The van der Waals surface area contributed by atoms with Crippen LogP contribution in [0.5, 0.6) is 5.75 Å². The molecule has 3 rings (SSSR count). The zero-order valence-corrected chi connectivity index (χ0v) is 14.6. The molecule has 0 spiro atoms. The second kappa shape index (κ2) is 6.86. The Hall–Kier alpha value is -1.99. The molecule has 1 aromatic carbocycles. The number of hydrogen-bond acceptors (Lipinski definition) is 6. The number of nitrogens with two attached hydrogens (primary N) is 1. The summed E-state index contributed by atoms with van der Waals surface area (Å²) in [5.41, 5.74) is 7.84. The largest absolute Gasteiger partial charge is 0.489 e. The minimum absolute atomic E-state index is 0.0358. The number of rotatable bonds is 4. The minimum Gasteiger partial charge on any atom is -0.489 e. The Bertz CT molecular complexity index is 702. The minimum atomic E-state index is -0.357. The molecule has 7 heteroatoms. The van der Waals surface area contributed by atoms with Gasteiger partial charge in [-0.05, 0) is 44.2 Å². The molecule has 0 bridgehead atoms. The highest BCUT2D eigenvalue weighted by atomic mass is 32.2. The van der Waals surface area contributed by atoms with Crippen molar-refractivity contribution in [3.63, 3.8) is 0 Å². The first kappa shape index (κ1) is 16.9. The number of carbonyl (C=O) groups is 2. The maximum Gasteiger partial charge on any atom is 0.290 e. The highest BCUT2D eigenvalue weighted by molar-refractivity contribution is 8.18. The fourth-order valence-corrected chi connectivity index (χ4v) is 3.57.